The number of fused-ring (bicyclic) bond motifs is 1. The van der Waals surface area contributed by atoms with E-state index >= 15 is 0 Å². The van der Waals surface area contributed by atoms with E-state index in [0.29, 0.717) is 0 Å². The van der Waals surface area contributed by atoms with Gasteiger partial charge in [0.2, 0.25) is 11.9 Å². The maximum atomic E-state index is 12.7. The first-order chi connectivity index (χ1) is 16.6. The molecular weight excluding hydrogens is 428 g/mol. The van der Waals surface area contributed by atoms with Crippen LogP contribution in [0.4, 0.5) is 23.1 Å². The van der Waals surface area contributed by atoms with Crippen molar-refractivity contribution in [2.75, 3.05) is 35.7 Å². The summed E-state index contributed by atoms with van der Waals surface area (Å²) in [4.78, 5) is 27.4. The van der Waals surface area contributed by atoms with Crippen molar-refractivity contribution in [1.82, 2.24) is 15.0 Å². The molecule has 1 saturated heterocycles. The number of hydrogen-bond donors (Lipinski definition) is 3. The van der Waals surface area contributed by atoms with E-state index < -0.39 is 0 Å². The number of rotatable bonds is 7. The molecule has 3 N–H and O–H groups in total. The average Bonchev–Trinajstić information content (AvgIpc) is 3.50. The summed E-state index contributed by atoms with van der Waals surface area (Å²) in [5.74, 6) is 2.23. The zero-order valence-corrected chi connectivity index (χ0v) is 19.4. The van der Waals surface area contributed by atoms with Gasteiger partial charge in [-0.25, -0.2) is 4.98 Å². The van der Waals surface area contributed by atoms with Crippen molar-refractivity contribution in [1.29, 1.82) is 0 Å². The lowest BCUT2D eigenvalue weighted by molar-refractivity contribution is -0.115. The van der Waals surface area contributed by atoms with Crippen LogP contribution in [0.2, 0.25) is 0 Å². The average molecular weight is 457 g/mol. The van der Waals surface area contributed by atoms with Crippen molar-refractivity contribution >= 4 is 40.0 Å². The van der Waals surface area contributed by atoms with Crippen LogP contribution in [-0.2, 0) is 11.2 Å². The number of methoxy groups -OCH3 is 1. The minimum absolute atomic E-state index is 0.0777. The standard InChI is InChI=1S/C26H28N6O2/c1-17-13-24(31-26(28-17)32-11-3-4-12-32)29-19-5-7-20(8-6-19)30-25(33)14-18-16-27-23-10-9-21(34-2)15-22(18)23/h5-10,13,15-16,27H,3-4,11-12,14H2,1-2H3,(H,30,33)(H,28,29,31). The number of hydrogen-bond acceptors (Lipinski definition) is 6. The van der Waals surface area contributed by atoms with E-state index in [1.807, 2.05) is 61.7 Å². The Morgan fingerprint density at radius 1 is 1.06 bits per heavy atom. The molecule has 1 amide bonds. The molecule has 8 heteroatoms. The zero-order valence-electron chi connectivity index (χ0n) is 19.4. The van der Waals surface area contributed by atoms with Crippen LogP contribution < -0.4 is 20.3 Å². The molecule has 1 aliphatic heterocycles. The van der Waals surface area contributed by atoms with Gasteiger partial charge in [-0.1, -0.05) is 0 Å². The lowest BCUT2D eigenvalue weighted by Gasteiger charge is -2.17. The van der Waals surface area contributed by atoms with Gasteiger partial charge in [0.15, 0.2) is 0 Å². The first kappa shape index (κ1) is 21.8. The van der Waals surface area contributed by atoms with Gasteiger partial charge >= 0.3 is 0 Å². The fourth-order valence-corrected chi connectivity index (χ4v) is 4.27. The Balaban J connectivity index is 1.23. The first-order valence-electron chi connectivity index (χ1n) is 11.5. The Bertz CT molecular complexity index is 1310. The van der Waals surface area contributed by atoms with Gasteiger partial charge < -0.3 is 25.3 Å². The summed E-state index contributed by atoms with van der Waals surface area (Å²) in [6, 6.07) is 15.4. The number of aryl methyl sites for hydroxylation is 1. The van der Waals surface area contributed by atoms with Crippen LogP contribution in [0.25, 0.3) is 10.9 Å². The first-order valence-corrected chi connectivity index (χ1v) is 11.5. The predicted molar refractivity (Wildman–Crippen MR) is 135 cm³/mol. The quantitative estimate of drug-likeness (QED) is 0.370. The highest BCUT2D eigenvalue weighted by atomic mass is 16.5. The number of aromatic nitrogens is 3. The van der Waals surface area contributed by atoms with Gasteiger partial charge in [-0.3, -0.25) is 4.79 Å². The third-order valence-electron chi connectivity index (χ3n) is 6.00. The number of benzene rings is 2. The molecule has 0 radical (unpaired) electrons. The minimum Gasteiger partial charge on any atom is -0.497 e. The van der Waals surface area contributed by atoms with E-state index in [1.54, 1.807) is 7.11 Å². The SMILES string of the molecule is COc1ccc2[nH]cc(CC(=O)Nc3ccc(Nc4cc(C)nc(N5CCCC5)n4)cc3)c2c1. The fourth-order valence-electron chi connectivity index (χ4n) is 4.27. The molecule has 0 aliphatic carbocycles. The van der Waals surface area contributed by atoms with Gasteiger partial charge in [0, 0.05) is 53.3 Å². The molecule has 0 saturated carbocycles. The third-order valence-corrected chi connectivity index (χ3v) is 6.00. The second kappa shape index (κ2) is 9.43. The normalized spacial score (nSPS) is 13.3. The van der Waals surface area contributed by atoms with Gasteiger partial charge in [0.05, 0.1) is 13.5 Å². The fraction of sp³-hybridized carbons (Fsp3) is 0.269. The maximum absolute atomic E-state index is 12.7. The van der Waals surface area contributed by atoms with Gasteiger partial charge in [0.1, 0.15) is 11.6 Å². The third kappa shape index (κ3) is 4.80. The summed E-state index contributed by atoms with van der Waals surface area (Å²) in [6.07, 6.45) is 4.51. The number of anilines is 4. The molecule has 4 aromatic rings. The Hall–Kier alpha value is -4.07. The van der Waals surface area contributed by atoms with Gasteiger partial charge in [0.25, 0.3) is 0 Å². The van der Waals surface area contributed by atoms with Crippen molar-refractivity contribution in [3.63, 3.8) is 0 Å². The molecule has 174 valence electrons. The second-order valence-electron chi connectivity index (χ2n) is 8.54. The molecule has 0 atom stereocenters. The lowest BCUT2D eigenvalue weighted by Crippen LogP contribution is -2.21. The molecule has 0 bridgehead atoms. The number of amides is 1. The Kier molecular flexibility index (Phi) is 6.03. The van der Waals surface area contributed by atoms with Crippen molar-refractivity contribution in [3.8, 4) is 5.75 Å². The van der Waals surface area contributed by atoms with Crippen molar-refractivity contribution in [2.24, 2.45) is 0 Å². The number of H-pyrrole nitrogens is 1. The molecule has 0 spiro atoms. The maximum Gasteiger partial charge on any atom is 0.228 e. The van der Waals surface area contributed by atoms with Crippen molar-refractivity contribution in [3.05, 3.63) is 66.0 Å². The minimum atomic E-state index is -0.0777. The molecule has 2 aromatic carbocycles. The molecule has 1 aliphatic rings. The van der Waals surface area contributed by atoms with Gasteiger partial charge in [-0.05, 0) is 67.8 Å². The smallest absolute Gasteiger partial charge is 0.228 e. The molecule has 5 rings (SSSR count). The summed E-state index contributed by atoms with van der Waals surface area (Å²) in [7, 11) is 1.64. The number of nitrogens with one attached hydrogen (secondary N) is 3. The molecular formula is C26H28N6O2. The monoisotopic (exact) mass is 456 g/mol. The largest absolute Gasteiger partial charge is 0.497 e. The highest BCUT2D eigenvalue weighted by Crippen LogP contribution is 2.25. The molecule has 34 heavy (non-hydrogen) atoms. The molecule has 2 aromatic heterocycles. The summed E-state index contributed by atoms with van der Waals surface area (Å²) < 4.78 is 5.31. The highest BCUT2D eigenvalue weighted by molar-refractivity contribution is 5.96. The van der Waals surface area contributed by atoms with Crippen LogP contribution in [0.3, 0.4) is 0 Å². The lowest BCUT2D eigenvalue weighted by atomic mass is 10.1. The Labute approximate surface area is 198 Å². The number of carbonyl (C=O) groups excluding carboxylic acids is 1. The number of nitrogens with zero attached hydrogens (tertiary/aromatic N) is 3. The van der Waals surface area contributed by atoms with Crippen LogP contribution in [-0.4, -0.2) is 41.1 Å². The summed E-state index contributed by atoms with van der Waals surface area (Å²) >= 11 is 0. The van der Waals surface area contributed by atoms with E-state index in [0.717, 1.165) is 64.1 Å². The van der Waals surface area contributed by atoms with Crippen LogP contribution >= 0.6 is 0 Å². The predicted octanol–water partition coefficient (Wildman–Crippen LogP) is 4.80. The van der Waals surface area contributed by atoms with Crippen LogP contribution in [0, 0.1) is 6.92 Å². The van der Waals surface area contributed by atoms with Crippen molar-refractivity contribution < 1.29 is 9.53 Å². The van der Waals surface area contributed by atoms with Crippen molar-refractivity contribution in [2.45, 2.75) is 26.2 Å². The highest BCUT2D eigenvalue weighted by Gasteiger charge is 2.16. The van der Waals surface area contributed by atoms with E-state index in [4.69, 9.17) is 4.74 Å². The molecule has 8 nitrogen and oxygen atoms in total. The summed E-state index contributed by atoms with van der Waals surface area (Å²) in [5.41, 5.74) is 4.47. The molecule has 1 fully saturated rings. The topological polar surface area (TPSA) is 95.2 Å². The van der Waals surface area contributed by atoms with Crippen LogP contribution in [0.5, 0.6) is 5.75 Å². The van der Waals surface area contributed by atoms with Gasteiger partial charge in [-0.15, -0.1) is 0 Å². The summed E-state index contributed by atoms with van der Waals surface area (Å²) in [5, 5.41) is 7.31. The van der Waals surface area contributed by atoms with Gasteiger partial charge in [-0.2, -0.15) is 4.98 Å². The van der Waals surface area contributed by atoms with E-state index in [1.165, 1.54) is 12.8 Å². The number of carbonyl (C=O) groups is 1. The number of aromatic amines is 1. The van der Waals surface area contributed by atoms with Crippen LogP contribution in [0.1, 0.15) is 24.1 Å². The van der Waals surface area contributed by atoms with Crippen LogP contribution in [0.15, 0.2) is 54.7 Å². The summed E-state index contributed by atoms with van der Waals surface area (Å²) in [6.45, 7) is 3.99. The molecule has 3 heterocycles. The number of ether oxygens (including phenoxy) is 1. The Morgan fingerprint density at radius 3 is 2.59 bits per heavy atom. The second-order valence-corrected chi connectivity index (χ2v) is 8.54. The molecule has 0 unspecified atom stereocenters. The van der Waals surface area contributed by atoms with E-state index in [-0.39, 0.29) is 12.3 Å². The Morgan fingerprint density at radius 2 is 1.82 bits per heavy atom. The van der Waals surface area contributed by atoms with E-state index in [2.05, 4.69) is 30.5 Å². The zero-order chi connectivity index (χ0) is 23.5. The van der Waals surface area contributed by atoms with E-state index in [9.17, 15) is 4.79 Å².